The van der Waals surface area contributed by atoms with Gasteiger partial charge in [0.2, 0.25) is 5.91 Å². The second-order valence-corrected chi connectivity index (χ2v) is 6.53. The topological polar surface area (TPSA) is 65.4 Å². The number of aromatic nitrogens is 2. The van der Waals surface area contributed by atoms with Crippen molar-refractivity contribution in [3.63, 3.8) is 0 Å². The number of hydrogen-bond acceptors (Lipinski definition) is 4. The minimum Gasteiger partial charge on any atom is -0.497 e. The van der Waals surface area contributed by atoms with Gasteiger partial charge in [0.25, 0.3) is 0 Å². The summed E-state index contributed by atoms with van der Waals surface area (Å²) in [7, 11) is 1.65. The van der Waals surface area contributed by atoms with Crippen molar-refractivity contribution in [2.24, 2.45) is 0 Å². The van der Waals surface area contributed by atoms with Crippen LogP contribution in [0.2, 0.25) is 0 Å². The number of ether oxygens (including phenoxy) is 2. The first kappa shape index (κ1) is 19.7. The summed E-state index contributed by atoms with van der Waals surface area (Å²) in [4.78, 5) is 16.3. The van der Waals surface area contributed by atoms with Gasteiger partial charge in [-0.3, -0.25) is 4.79 Å². The van der Waals surface area contributed by atoms with Crippen LogP contribution in [-0.4, -0.2) is 29.2 Å². The molecule has 0 saturated heterocycles. The quantitative estimate of drug-likeness (QED) is 0.541. The smallest absolute Gasteiger partial charge is 0.220 e. The van der Waals surface area contributed by atoms with Gasteiger partial charge in [-0.2, -0.15) is 0 Å². The van der Waals surface area contributed by atoms with Gasteiger partial charge in [0.1, 0.15) is 17.3 Å². The Kier molecular flexibility index (Phi) is 6.89. The van der Waals surface area contributed by atoms with Gasteiger partial charge in [0, 0.05) is 19.0 Å². The van der Waals surface area contributed by atoms with Crippen molar-refractivity contribution in [1.82, 2.24) is 14.9 Å². The lowest BCUT2D eigenvalue weighted by molar-refractivity contribution is -0.120. The van der Waals surface area contributed by atoms with Gasteiger partial charge in [0.05, 0.1) is 31.3 Å². The first-order valence-corrected chi connectivity index (χ1v) is 9.69. The van der Waals surface area contributed by atoms with Crippen LogP contribution in [0.25, 0.3) is 11.0 Å². The molecule has 0 unspecified atom stereocenters. The predicted octanol–water partition coefficient (Wildman–Crippen LogP) is 3.93. The molecule has 1 aromatic heterocycles. The van der Waals surface area contributed by atoms with Crippen LogP contribution in [0.5, 0.6) is 11.5 Å². The Morgan fingerprint density at radius 2 is 1.93 bits per heavy atom. The summed E-state index contributed by atoms with van der Waals surface area (Å²) in [6.07, 6.45) is 2.35. The zero-order valence-electron chi connectivity index (χ0n) is 16.5. The fraction of sp³-hybridized carbons (Fsp3) is 0.364. The van der Waals surface area contributed by atoms with E-state index < -0.39 is 0 Å². The summed E-state index contributed by atoms with van der Waals surface area (Å²) in [6.45, 7) is 3.77. The van der Waals surface area contributed by atoms with E-state index in [-0.39, 0.29) is 5.91 Å². The van der Waals surface area contributed by atoms with Gasteiger partial charge in [-0.1, -0.05) is 25.1 Å². The second-order valence-electron chi connectivity index (χ2n) is 6.53. The molecule has 1 N–H and O–H groups in total. The maximum atomic E-state index is 11.6. The van der Waals surface area contributed by atoms with E-state index in [0.29, 0.717) is 19.6 Å². The molecule has 2 aromatic carbocycles. The van der Waals surface area contributed by atoms with Crippen LogP contribution < -0.4 is 14.8 Å². The highest BCUT2D eigenvalue weighted by molar-refractivity contribution is 5.77. The van der Waals surface area contributed by atoms with Crippen molar-refractivity contribution < 1.29 is 14.3 Å². The average molecular weight is 381 g/mol. The van der Waals surface area contributed by atoms with E-state index in [9.17, 15) is 4.79 Å². The largest absolute Gasteiger partial charge is 0.497 e. The number of amides is 1. The molecule has 148 valence electrons. The van der Waals surface area contributed by atoms with Crippen LogP contribution in [0.4, 0.5) is 0 Å². The zero-order valence-corrected chi connectivity index (χ0v) is 16.5. The number of nitrogens with one attached hydrogen (secondary N) is 1. The Labute approximate surface area is 165 Å². The number of carbonyl (C=O) groups excluding carboxylic acids is 1. The van der Waals surface area contributed by atoms with Crippen LogP contribution in [0.3, 0.4) is 0 Å². The summed E-state index contributed by atoms with van der Waals surface area (Å²) < 4.78 is 13.2. The molecule has 0 bridgehead atoms. The number of para-hydroxylation sites is 2. The molecular formula is C22H27N3O3. The van der Waals surface area contributed by atoms with E-state index in [4.69, 9.17) is 9.47 Å². The highest BCUT2D eigenvalue weighted by Crippen LogP contribution is 2.20. The maximum Gasteiger partial charge on any atom is 0.220 e. The Balaban J connectivity index is 1.57. The number of unbranched alkanes of at least 4 members (excludes halogenated alkanes) is 1. The highest BCUT2D eigenvalue weighted by atomic mass is 16.5. The van der Waals surface area contributed by atoms with Gasteiger partial charge in [-0.25, -0.2) is 4.98 Å². The van der Waals surface area contributed by atoms with Crippen LogP contribution >= 0.6 is 0 Å². The molecule has 3 rings (SSSR count). The van der Waals surface area contributed by atoms with E-state index >= 15 is 0 Å². The van der Waals surface area contributed by atoms with Gasteiger partial charge in [0.15, 0.2) is 0 Å². The van der Waals surface area contributed by atoms with Gasteiger partial charge in [-0.15, -0.1) is 0 Å². The lowest BCUT2D eigenvalue weighted by Gasteiger charge is -2.11. The minimum absolute atomic E-state index is 0.0327. The molecule has 0 spiro atoms. The maximum absolute atomic E-state index is 11.6. The monoisotopic (exact) mass is 381 g/mol. The fourth-order valence-electron chi connectivity index (χ4n) is 3.07. The standard InChI is InChI=1S/C22H27N3O3/c1-3-22(26)23-16-21-24-19-11-4-5-12-20(19)25(21)13-6-7-14-28-18-10-8-9-17(15-18)27-2/h4-5,8-12,15H,3,6-7,13-14,16H2,1-2H3,(H,23,26). The molecule has 0 atom stereocenters. The molecule has 0 saturated carbocycles. The van der Waals surface area contributed by atoms with E-state index in [1.54, 1.807) is 7.11 Å². The molecule has 0 aliphatic rings. The lowest BCUT2D eigenvalue weighted by Crippen LogP contribution is -2.23. The van der Waals surface area contributed by atoms with Gasteiger partial charge >= 0.3 is 0 Å². The number of aryl methyl sites for hydroxylation is 1. The van der Waals surface area contributed by atoms with Crippen molar-refractivity contribution in [3.05, 3.63) is 54.4 Å². The number of hydrogen-bond donors (Lipinski definition) is 1. The molecule has 0 fully saturated rings. The summed E-state index contributed by atoms with van der Waals surface area (Å²) in [5.74, 6) is 2.53. The number of nitrogens with zero attached hydrogens (tertiary/aromatic N) is 2. The molecule has 0 aliphatic heterocycles. The van der Waals surface area contributed by atoms with Crippen molar-refractivity contribution >= 4 is 16.9 Å². The Bertz CT molecular complexity index is 920. The number of carbonyl (C=O) groups is 1. The second kappa shape index (κ2) is 9.78. The number of methoxy groups -OCH3 is 1. The van der Waals surface area contributed by atoms with E-state index in [1.165, 1.54) is 0 Å². The molecule has 6 heteroatoms. The van der Waals surface area contributed by atoms with Crippen molar-refractivity contribution in [1.29, 1.82) is 0 Å². The SMILES string of the molecule is CCC(=O)NCc1nc2ccccc2n1CCCCOc1cccc(OC)c1. The lowest BCUT2D eigenvalue weighted by atomic mass is 10.3. The van der Waals surface area contributed by atoms with Crippen molar-refractivity contribution in [3.8, 4) is 11.5 Å². The normalized spacial score (nSPS) is 10.8. The van der Waals surface area contributed by atoms with Crippen LogP contribution in [0.1, 0.15) is 32.0 Å². The first-order chi connectivity index (χ1) is 13.7. The number of fused-ring (bicyclic) bond motifs is 1. The first-order valence-electron chi connectivity index (χ1n) is 9.69. The molecule has 1 amide bonds. The van der Waals surface area contributed by atoms with E-state index in [2.05, 4.69) is 20.9 Å². The van der Waals surface area contributed by atoms with E-state index in [1.807, 2.05) is 49.4 Å². The highest BCUT2D eigenvalue weighted by Gasteiger charge is 2.11. The van der Waals surface area contributed by atoms with Gasteiger partial charge < -0.3 is 19.4 Å². The summed E-state index contributed by atoms with van der Waals surface area (Å²) in [5, 5.41) is 2.93. The summed E-state index contributed by atoms with van der Waals surface area (Å²) in [5.41, 5.74) is 2.05. The van der Waals surface area contributed by atoms with E-state index in [0.717, 1.165) is 47.7 Å². The summed E-state index contributed by atoms with van der Waals surface area (Å²) in [6, 6.07) is 15.7. The molecule has 6 nitrogen and oxygen atoms in total. The van der Waals surface area contributed by atoms with Gasteiger partial charge in [-0.05, 0) is 37.1 Å². The van der Waals surface area contributed by atoms with Crippen LogP contribution in [-0.2, 0) is 17.9 Å². The van der Waals surface area contributed by atoms with Crippen LogP contribution in [0, 0.1) is 0 Å². The Hall–Kier alpha value is -3.02. The number of rotatable bonds is 10. The molecular weight excluding hydrogens is 354 g/mol. The number of imidazole rings is 1. The molecule has 1 heterocycles. The molecule has 0 aliphatic carbocycles. The van der Waals surface area contributed by atoms with Crippen molar-refractivity contribution in [2.45, 2.75) is 39.3 Å². The molecule has 28 heavy (non-hydrogen) atoms. The number of benzene rings is 2. The Morgan fingerprint density at radius 1 is 1.11 bits per heavy atom. The molecule has 3 aromatic rings. The predicted molar refractivity (Wildman–Crippen MR) is 110 cm³/mol. The zero-order chi connectivity index (χ0) is 19.8. The average Bonchev–Trinajstić information content (AvgIpc) is 3.09. The Morgan fingerprint density at radius 3 is 2.75 bits per heavy atom. The molecule has 0 radical (unpaired) electrons. The third-order valence-corrected chi connectivity index (χ3v) is 4.58. The minimum atomic E-state index is 0.0327. The fourth-order valence-corrected chi connectivity index (χ4v) is 3.07. The third kappa shape index (κ3) is 5.03. The third-order valence-electron chi connectivity index (χ3n) is 4.58. The van der Waals surface area contributed by atoms with Crippen LogP contribution in [0.15, 0.2) is 48.5 Å². The summed E-state index contributed by atoms with van der Waals surface area (Å²) >= 11 is 0. The van der Waals surface area contributed by atoms with Crippen molar-refractivity contribution in [2.75, 3.05) is 13.7 Å².